The Balaban J connectivity index is 1.46. The van der Waals surface area contributed by atoms with E-state index >= 15 is 0 Å². The van der Waals surface area contributed by atoms with Gasteiger partial charge in [-0.3, -0.25) is 0 Å². The molecule has 3 aromatic rings. The fourth-order valence-corrected chi connectivity index (χ4v) is 3.46. The number of anilines is 4. The van der Waals surface area contributed by atoms with Crippen molar-refractivity contribution in [3.05, 3.63) is 65.9 Å². The Morgan fingerprint density at radius 3 is 2.19 bits per heavy atom. The summed E-state index contributed by atoms with van der Waals surface area (Å²) in [7, 11) is 0. The fraction of sp³-hybridized carbons (Fsp3) is 0.286. The maximum absolute atomic E-state index is 4.69. The van der Waals surface area contributed by atoms with Gasteiger partial charge in [0.15, 0.2) is 5.82 Å². The molecule has 0 aliphatic carbocycles. The molecule has 138 valence electrons. The van der Waals surface area contributed by atoms with Crippen molar-refractivity contribution in [1.29, 1.82) is 0 Å². The van der Waals surface area contributed by atoms with Crippen molar-refractivity contribution in [2.75, 3.05) is 41.3 Å². The maximum atomic E-state index is 4.69. The molecule has 6 heteroatoms. The van der Waals surface area contributed by atoms with Gasteiger partial charge in [-0.05, 0) is 37.1 Å². The van der Waals surface area contributed by atoms with Crippen LogP contribution in [0.25, 0.3) is 0 Å². The molecule has 0 saturated carbocycles. The Bertz CT molecular complexity index is 883. The fourth-order valence-electron chi connectivity index (χ4n) is 3.46. The van der Waals surface area contributed by atoms with Crippen LogP contribution in [0.4, 0.5) is 23.1 Å². The number of aromatic nitrogens is 3. The molecule has 4 rings (SSSR count). The zero-order chi connectivity index (χ0) is 18.6. The van der Waals surface area contributed by atoms with E-state index in [4.69, 9.17) is 4.98 Å². The molecule has 27 heavy (non-hydrogen) atoms. The number of piperazine rings is 1. The molecule has 1 N–H and O–H groups in total. The van der Waals surface area contributed by atoms with E-state index in [1.165, 1.54) is 16.8 Å². The Kier molecular flexibility index (Phi) is 4.87. The lowest BCUT2D eigenvalue weighted by Gasteiger charge is -2.36. The quantitative estimate of drug-likeness (QED) is 0.768. The number of hydrogen-bond donors (Lipinski definition) is 1. The molecule has 1 aliphatic rings. The van der Waals surface area contributed by atoms with Crippen LogP contribution in [0.1, 0.15) is 11.1 Å². The predicted molar refractivity (Wildman–Crippen MR) is 110 cm³/mol. The topological polar surface area (TPSA) is 57.2 Å². The summed E-state index contributed by atoms with van der Waals surface area (Å²) in [4.78, 5) is 9.37. The van der Waals surface area contributed by atoms with Crippen molar-refractivity contribution in [3.63, 3.8) is 0 Å². The molecule has 1 aromatic heterocycles. The van der Waals surface area contributed by atoms with E-state index in [-0.39, 0.29) is 0 Å². The average molecular weight is 360 g/mol. The van der Waals surface area contributed by atoms with Crippen LogP contribution in [0, 0.1) is 13.8 Å². The summed E-state index contributed by atoms with van der Waals surface area (Å²) in [6.45, 7) is 7.92. The van der Waals surface area contributed by atoms with E-state index < -0.39 is 0 Å². The van der Waals surface area contributed by atoms with Crippen LogP contribution < -0.4 is 15.1 Å². The number of aryl methyl sites for hydroxylation is 2. The third kappa shape index (κ3) is 3.84. The monoisotopic (exact) mass is 360 g/mol. The van der Waals surface area contributed by atoms with E-state index in [2.05, 4.69) is 87.7 Å². The zero-order valence-electron chi connectivity index (χ0n) is 15.8. The maximum Gasteiger partial charge on any atom is 0.249 e. The van der Waals surface area contributed by atoms with E-state index in [0.29, 0.717) is 5.95 Å². The first-order chi connectivity index (χ1) is 13.2. The van der Waals surface area contributed by atoms with Gasteiger partial charge in [-0.15, -0.1) is 5.10 Å². The van der Waals surface area contributed by atoms with E-state index in [9.17, 15) is 0 Å². The number of nitrogens with zero attached hydrogens (tertiary/aromatic N) is 5. The van der Waals surface area contributed by atoms with Crippen LogP contribution in [0.3, 0.4) is 0 Å². The first-order valence-corrected chi connectivity index (χ1v) is 9.28. The van der Waals surface area contributed by atoms with Crippen molar-refractivity contribution < 1.29 is 0 Å². The molecule has 6 nitrogen and oxygen atoms in total. The summed E-state index contributed by atoms with van der Waals surface area (Å²) < 4.78 is 0. The minimum atomic E-state index is 0.537. The third-order valence-corrected chi connectivity index (χ3v) is 4.99. The standard InChI is InChI=1S/C21H24N6/c1-16-7-6-8-17(2)20(16)24-21-23-19(15-22-25-21)27-13-11-26(12-14-27)18-9-4-3-5-10-18/h3-10,15H,11-14H2,1-2H3,(H,23,24,25). The molecule has 0 amide bonds. The van der Waals surface area contributed by atoms with Gasteiger partial charge in [0.25, 0.3) is 0 Å². The smallest absolute Gasteiger partial charge is 0.249 e. The lowest BCUT2D eigenvalue weighted by atomic mass is 10.1. The molecule has 1 saturated heterocycles. The highest BCUT2D eigenvalue weighted by atomic mass is 15.3. The first-order valence-electron chi connectivity index (χ1n) is 9.28. The number of nitrogens with one attached hydrogen (secondary N) is 1. The Morgan fingerprint density at radius 1 is 0.815 bits per heavy atom. The summed E-state index contributed by atoms with van der Waals surface area (Å²) in [5, 5.41) is 11.7. The van der Waals surface area contributed by atoms with Gasteiger partial charge in [0.2, 0.25) is 5.95 Å². The molecular formula is C21H24N6. The Morgan fingerprint density at radius 2 is 1.48 bits per heavy atom. The summed E-state index contributed by atoms with van der Waals surface area (Å²) in [6, 6.07) is 16.8. The van der Waals surface area contributed by atoms with Gasteiger partial charge in [0.05, 0.1) is 6.20 Å². The van der Waals surface area contributed by atoms with Gasteiger partial charge < -0.3 is 15.1 Å². The van der Waals surface area contributed by atoms with E-state index in [0.717, 1.165) is 37.7 Å². The second-order valence-electron chi connectivity index (χ2n) is 6.84. The molecule has 1 aliphatic heterocycles. The summed E-state index contributed by atoms with van der Waals surface area (Å²) in [6.07, 6.45) is 1.74. The number of benzene rings is 2. The van der Waals surface area contributed by atoms with Crippen LogP contribution in [0.5, 0.6) is 0 Å². The second-order valence-corrected chi connectivity index (χ2v) is 6.84. The van der Waals surface area contributed by atoms with Crippen LogP contribution in [0.2, 0.25) is 0 Å². The highest BCUT2D eigenvalue weighted by Crippen LogP contribution is 2.24. The normalized spacial score (nSPS) is 14.3. The molecule has 0 unspecified atom stereocenters. The lowest BCUT2D eigenvalue weighted by Crippen LogP contribution is -2.46. The third-order valence-electron chi connectivity index (χ3n) is 4.99. The number of para-hydroxylation sites is 2. The molecule has 1 fully saturated rings. The van der Waals surface area contributed by atoms with Crippen molar-refractivity contribution >= 4 is 23.1 Å². The Hall–Kier alpha value is -3.15. The summed E-state index contributed by atoms with van der Waals surface area (Å²) >= 11 is 0. The van der Waals surface area contributed by atoms with Crippen LogP contribution >= 0.6 is 0 Å². The van der Waals surface area contributed by atoms with Crippen LogP contribution in [-0.4, -0.2) is 41.4 Å². The minimum absolute atomic E-state index is 0.537. The SMILES string of the molecule is Cc1cccc(C)c1Nc1nncc(N2CCN(c3ccccc3)CC2)n1. The molecule has 0 spiro atoms. The molecule has 0 bridgehead atoms. The van der Waals surface area contributed by atoms with Gasteiger partial charge in [0.1, 0.15) is 0 Å². The Labute approximate surface area is 159 Å². The first kappa shape index (κ1) is 17.3. The summed E-state index contributed by atoms with van der Waals surface area (Å²) in [5.41, 5.74) is 4.65. The van der Waals surface area contributed by atoms with Crippen LogP contribution in [0.15, 0.2) is 54.7 Å². The minimum Gasteiger partial charge on any atom is -0.368 e. The van der Waals surface area contributed by atoms with Gasteiger partial charge >= 0.3 is 0 Å². The van der Waals surface area contributed by atoms with Crippen molar-refractivity contribution in [1.82, 2.24) is 15.2 Å². The van der Waals surface area contributed by atoms with Gasteiger partial charge in [-0.2, -0.15) is 10.1 Å². The number of hydrogen-bond acceptors (Lipinski definition) is 6. The van der Waals surface area contributed by atoms with Crippen molar-refractivity contribution in [2.45, 2.75) is 13.8 Å². The molecule has 0 radical (unpaired) electrons. The highest BCUT2D eigenvalue weighted by molar-refractivity contribution is 5.63. The van der Waals surface area contributed by atoms with E-state index in [1.54, 1.807) is 6.20 Å². The molecule has 2 heterocycles. The average Bonchev–Trinajstić information content (AvgIpc) is 2.72. The van der Waals surface area contributed by atoms with E-state index in [1.807, 2.05) is 0 Å². The zero-order valence-corrected chi connectivity index (χ0v) is 15.8. The predicted octanol–water partition coefficient (Wildman–Crippen LogP) is 3.56. The van der Waals surface area contributed by atoms with Crippen molar-refractivity contribution in [3.8, 4) is 0 Å². The van der Waals surface area contributed by atoms with Crippen molar-refractivity contribution in [2.24, 2.45) is 0 Å². The molecular weight excluding hydrogens is 336 g/mol. The van der Waals surface area contributed by atoms with Gasteiger partial charge in [0, 0.05) is 37.6 Å². The van der Waals surface area contributed by atoms with Crippen LogP contribution in [-0.2, 0) is 0 Å². The van der Waals surface area contributed by atoms with Gasteiger partial charge in [-0.25, -0.2) is 0 Å². The highest BCUT2D eigenvalue weighted by Gasteiger charge is 2.19. The second kappa shape index (κ2) is 7.61. The number of rotatable bonds is 4. The van der Waals surface area contributed by atoms with Gasteiger partial charge in [-0.1, -0.05) is 36.4 Å². The summed E-state index contributed by atoms with van der Waals surface area (Å²) in [5.74, 6) is 1.40. The molecule has 0 atom stereocenters. The largest absolute Gasteiger partial charge is 0.368 e. The lowest BCUT2D eigenvalue weighted by molar-refractivity contribution is 0.645. The molecule has 2 aromatic carbocycles.